The number of hydrogen-bond acceptors (Lipinski definition) is 3. The SMILES string of the molecule is CC1CC(C(=O)NC(CC(=O)O)c2ccc(F)cc2)CCO1. The number of benzene rings is 1. The highest BCUT2D eigenvalue weighted by Gasteiger charge is 2.28. The normalized spacial score (nSPS) is 22.8. The summed E-state index contributed by atoms with van der Waals surface area (Å²) >= 11 is 0. The van der Waals surface area contributed by atoms with E-state index >= 15 is 0 Å². The fraction of sp³-hybridized carbons (Fsp3) is 0.500. The van der Waals surface area contributed by atoms with Crippen LogP contribution in [0.2, 0.25) is 0 Å². The van der Waals surface area contributed by atoms with Crippen molar-refractivity contribution in [3.8, 4) is 0 Å². The van der Waals surface area contributed by atoms with E-state index in [-0.39, 0.29) is 24.3 Å². The number of hydrogen-bond donors (Lipinski definition) is 2. The highest BCUT2D eigenvalue weighted by Crippen LogP contribution is 2.23. The molecule has 0 bridgehead atoms. The zero-order valence-electron chi connectivity index (χ0n) is 12.4. The van der Waals surface area contributed by atoms with Crippen LogP contribution >= 0.6 is 0 Å². The Labute approximate surface area is 128 Å². The summed E-state index contributed by atoms with van der Waals surface area (Å²) in [7, 11) is 0. The number of carboxylic acids is 1. The Morgan fingerprint density at radius 1 is 1.41 bits per heavy atom. The van der Waals surface area contributed by atoms with Crippen LogP contribution in [0.25, 0.3) is 0 Å². The van der Waals surface area contributed by atoms with Crippen molar-refractivity contribution < 1.29 is 23.8 Å². The molecule has 2 rings (SSSR count). The maximum atomic E-state index is 13.0. The van der Waals surface area contributed by atoms with Crippen LogP contribution < -0.4 is 5.32 Å². The molecule has 0 spiro atoms. The van der Waals surface area contributed by atoms with Crippen molar-refractivity contribution in [2.45, 2.75) is 38.3 Å². The molecule has 1 aromatic carbocycles. The minimum Gasteiger partial charge on any atom is -0.481 e. The highest BCUT2D eigenvalue weighted by molar-refractivity contribution is 5.80. The first-order valence-electron chi connectivity index (χ1n) is 7.35. The lowest BCUT2D eigenvalue weighted by atomic mass is 9.94. The molecule has 1 aliphatic heterocycles. The van der Waals surface area contributed by atoms with Crippen LogP contribution in [0.5, 0.6) is 0 Å². The molecular weight excluding hydrogens is 289 g/mol. The predicted octanol–water partition coefficient (Wildman–Crippen LogP) is 2.27. The van der Waals surface area contributed by atoms with Gasteiger partial charge in [-0.05, 0) is 37.5 Å². The molecule has 1 aliphatic rings. The Morgan fingerprint density at radius 2 is 2.09 bits per heavy atom. The first-order chi connectivity index (χ1) is 10.5. The average Bonchev–Trinajstić information content (AvgIpc) is 2.47. The lowest BCUT2D eigenvalue weighted by molar-refractivity contribution is -0.138. The molecule has 0 saturated carbocycles. The topological polar surface area (TPSA) is 75.6 Å². The molecule has 1 saturated heterocycles. The van der Waals surface area contributed by atoms with Crippen molar-refractivity contribution in [1.82, 2.24) is 5.32 Å². The zero-order chi connectivity index (χ0) is 16.1. The van der Waals surface area contributed by atoms with Crippen LogP contribution in [0.3, 0.4) is 0 Å². The summed E-state index contributed by atoms with van der Waals surface area (Å²) in [6, 6.07) is 4.84. The molecule has 6 heteroatoms. The van der Waals surface area contributed by atoms with Gasteiger partial charge in [-0.2, -0.15) is 0 Å². The molecule has 5 nitrogen and oxygen atoms in total. The number of carboxylic acid groups (broad SMARTS) is 1. The first kappa shape index (κ1) is 16.4. The van der Waals surface area contributed by atoms with Gasteiger partial charge in [-0.15, -0.1) is 0 Å². The molecule has 1 amide bonds. The molecule has 1 heterocycles. The standard InChI is InChI=1S/C16H20FNO4/c1-10-8-12(6-7-22-10)16(21)18-14(9-15(19)20)11-2-4-13(17)5-3-11/h2-5,10,12,14H,6-9H2,1H3,(H,18,21)(H,19,20). The van der Waals surface area contributed by atoms with E-state index < -0.39 is 17.8 Å². The smallest absolute Gasteiger partial charge is 0.305 e. The van der Waals surface area contributed by atoms with E-state index in [4.69, 9.17) is 9.84 Å². The molecule has 0 aromatic heterocycles. The van der Waals surface area contributed by atoms with Crippen molar-refractivity contribution in [3.63, 3.8) is 0 Å². The summed E-state index contributed by atoms with van der Waals surface area (Å²) < 4.78 is 18.4. The Hall–Kier alpha value is -1.95. The second-order valence-electron chi connectivity index (χ2n) is 5.61. The van der Waals surface area contributed by atoms with Gasteiger partial charge in [-0.1, -0.05) is 12.1 Å². The van der Waals surface area contributed by atoms with E-state index in [9.17, 15) is 14.0 Å². The van der Waals surface area contributed by atoms with Crippen LogP contribution in [0.4, 0.5) is 4.39 Å². The molecule has 3 atom stereocenters. The fourth-order valence-electron chi connectivity index (χ4n) is 2.65. The van der Waals surface area contributed by atoms with Crippen molar-refractivity contribution in [2.24, 2.45) is 5.92 Å². The maximum absolute atomic E-state index is 13.0. The average molecular weight is 309 g/mol. The second-order valence-corrected chi connectivity index (χ2v) is 5.61. The van der Waals surface area contributed by atoms with E-state index in [1.807, 2.05) is 6.92 Å². The van der Waals surface area contributed by atoms with Gasteiger partial charge in [0.1, 0.15) is 5.82 Å². The Bertz CT molecular complexity index is 531. The summed E-state index contributed by atoms with van der Waals surface area (Å²) in [6.45, 7) is 2.44. The Kier molecular flexibility index (Phi) is 5.49. The van der Waals surface area contributed by atoms with Crippen molar-refractivity contribution in [1.29, 1.82) is 0 Å². The van der Waals surface area contributed by atoms with Gasteiger partial charge < -0.3 is 15.2 Å². The maximum Gasteiger partial charge on any atom is 0.305 e. The molecular formula is C16H20FNO4. The van der Waals surface area contributed by atoms with Crippen LogP contribution in [0.15, 0.2) is 24.3 Å². The van der Waals surface area contributed by atoms with E-state index in [2.05, 4.69) is 5.32 Å². The minimum absolute atomic E-state index is 0.0215. The Morgan fingerprint density at radius 3 is 2.68 bits per heavy atom. The van der Waals surface area contributed by atoms with Crippen molar-refractivity contribution >= 4 is 11.9 Å². The van der Waals surface area contributed by atoms with Gasteiger partial charge >= 0.3 is 5.97 Å². The van der Waals surface area contributed by atoms with E-state index in [0.29, 0.717) is 25.0 Å². The van der Waals surface area contributed by atoms with Crippen LogP contribution in [0, 0.1) is 11.7 Å². The number of nitrogens with one attached hydrogen (secondary N) is 1. The van der Waals surface area contributed by atoms with Crippen LogP contribution in [-0.4, -0.2) is 29.7 Å². The summed E-state index contributed by atoms with van der Waals surface area (Å²) in [6.07, 6.45) is 1.03. The summed E-state index contributed by atoms with van der Waals surface area (Å²) in [5.74, 6) is -1.77. The second kappa shape index (κ2) is 7.35. The number of carbonyl (C=O) groups is 2. The zero-order valence-corrected chi connectivity index (χ0v) is 12.4. The number of amides is 1. The summed E-state index contributed by atoms with van der Waals surface area (Å²) in [5, 5.41) is 11.8. The largest absolute Gasteiger partial charge is 0.481 e. The monoisotopic (exact) mass is 309 g/mol. The van der Waals surface area contributed by atoms with Crippen LogP contribution in [0.1, 0.15) is 37.8 Å². The highest BCUT2D eigenvalue weighted by atomic mass is 19.1. The fourth-order valence-corrected chi connectivity index (χ4v) is 2.65. The molecule has 0 aliphatic carbocycles. The number of ether oxygens (including phenoxy) is 1. The van der Waals surface area contributed by atoms with Gasteiger partial charge in [0.2, 0.25) is 5.91 Å². The lowest BCUT2D eigenvalue weighted by Gasteiger charge is -2.28. The van der Waals surface area contributed by atoms with Crippen molar-refractivity contribution in [2.75, 3.05) is 6.61 Å². The number of carbonyl (C=O) groups excluding carboxylic acids is 1. The third kappa shape index (κ3) is 4.53. The quantitative estimate of drug-likeness (QED) is 0.875. The predicted molar refractivity (Wildman–Crippen MR) is 77.7 cm³/mol. The van der Waals surface area contributed by atoms with E-state index in [1.54, 1.807) is 0 Å². The number of aliphatic carboxylic acids is 1. The molecule has 3 unspecified atom stereocenters. The van der Waals surface area contributed by atoms with Gasteiger partial charge in [0.05, 0.1) is 18.6 Å². The van der Waals surface area contributed by atoms with Gasteiger partial charge in [0.15, 0.2) is 0 Å². The molecule has 0 radical (unpaired) electrons. The van der Waals surface area contributed by atoms with Gasteiger partial charge in [-0.3, -0.25) is 9.59 Å². The minimum atomic E-state index is -1.02. The molecule has 120 valence electrons. The number of halogens is 1. The number of rotatable bonds is 5. The first-order valence-corrected chi connectivity index (χ1v) is 7.35. The lowest BCUT2D eigenvalue weighted by Crippen LogP contribution is -2.39. The van der Waals surface area contributed by atoms with Gasteiger partial charge in [0.25, 0.3) is 0 Å². The third-order valence-corrected chi connectivity index (χ3v) is 3.82. The Balaban J connectivity index is 2.07. The molecule has 2 N–H and O–H groups in total. The van der Waals surface area contributed by atoms with Gasteiger partial charge in [-0.25, -0.2) is 4.39 Å². The van der Waals surface area contributed by atoms with Crippen LogP contribution in [-0.2, 0) is 14.3 Å². The van der Waals surface area contributed by atoms with Crippen molar-refractivity contribution in [3.05, 3.63) is 35.6 Å². The van der Waals surface area contributed by atoms with E-state index in [1.165, 1.54) is 24.3 Å². The molecule has 1 fully saturated rings. The van der Waals surface area contributed by atoms with E-state index in [0.717, 1.165) is 0 Å². The summed E-state index contributed by atoms with van der Waals surface area (Å²) in [4.78, 5) is 23.4. The third-order valence-electron chi connectivity index (χ3n) is 3.82. The summed E-state index contributed by atoms with van der Waals surface area (Å²) in [5.41, 5.74) is 0.581. The molecule has 22 heavy (non-hydrogen) atoms. The molecule has 1 aromatic rings. The van der Waals surface area contributed by atoms with Gasteiger partial charge in [0, 0.05) is 12.5 Å².